The van der Waals surface area contributed by atoms with Gasteiger partial charge in [0.1, 0.15) is 20.2 Å². The van der Waals surface area contributed by atoms with Crippen molar-refractivity contribution in [3.05, 3.63) is 11.5 Å². The Morgan fingerprint density at radius 1 is 0.867 bits per heavy atom. The summed E-state index contributed by atoms with van der Waals surface area (Å²) in [4.78, 5) is 0. The first-order valence-electron chi connectivity index (χ1n) is 3.14. The average molecular weight is 314 g/mol. The maximum atomic E-state index is 9.65. The largest absolute Gasteiger partial charge is 2.00 e. The van der Waals surface area contributed by atoms with E-state index in [1.807, 2.05) is 0 Å². The second kappa shape index (κ2) is 9.58. The third kappa shape index (κ3) is 31.4. The van der Waals surface area contributed by atoms with Crippen LogP contribution in [0.5, 0.6) is 0 Å². The van der Waals surface area contributed by atoms with E-state index in [1.54, 1.807) is 0 Å². The molecule has 8 nitrogen and oxygen atoms in total. The van der Waals surface area contributed by atoms with Gasteiger partial charge in [0.2, 0.25) is 0 Å². The molecule has 88 valence electrons. The minimum Gasteiger partial charge on any atom is -0.359 e. The summed E-state index contributed by atoms with van der Waals surface area (Å²) in [5.41, 5.74) is 9.44. The van der Waals surface area contributed by atoms with Crippen molar-refractivity contribution in [2.45, 2.75) is 0 Å². The smallest absolute Gasteiger partial charge is 0.359 e. The van der Waals surface area contributed by atoms with Crippen molar-refractivity contribution >= 4 is 20.2 Å². The van der Waals surface area contributed by atoms with Crippen LogP contribution in [0.25, 0.3) is 0 Å². The standard InChI is InChI=1S/2C2H6NO3S.Zn/c2*3-1-2-7(4,5)6;/h2*2H,1,3H2,(H,4,5,6);/q2*-1;+2. The van der Waals surface area contributed by atoms with E-state index in [0.29, 0.717) is 11.5 Å². The van der Waals surface area contributed by atoms with Gasteiger partial charge in [-0.3, -0.25) is 0 Å². The van der Waals surface area contributed by atoms with Gasteiger partial charge in [-0.1, -0.05) is 0 Å². The molecule has 0 unspecified atom stereocenters. The molecule has 0 aromatic heterocycles. The first-order chi connectivity index (χ1) is 6.12. The Labute approximate surface area is 102 Å². The Hall–Kier alpha value is 0.363. The molecule has 0 amide bonds. The Morgan fingerprint density at radius 3 is 1.07 bits per heavy atom. The molecular weight excluding hydrogens is 302 g/mol. The van der Waals surface area contributed by atoms with Crippen molar-refractivity contribution in [2.24, 2.45) is 11.5 Å². The van der Waals surface area contributed by atoms with Crippen LogP contribution in [0.4, 0.5) is 0 Å². The molecule has 0 spiro atoms. The molecule has 0 aliphatic rings. The number of nitrogens with two attached hydrogens (primary N) is 2. The zero-order valence-electron chi connectivity index (χ0n) is 7.77. The molecule has 11 heteroatoms. The fourth-order valence-corrected chi connectivity index (χ4v) is 0.730. The molecule has 0 saturated heterocycles. The van der Waals surface area contributed by atoms with Crippen LogP contribution in [-0.2, 0) is 39.7 Å². The Bertz CT molecular complexity index is 291. The van der Waals surface area contributed by atoms with Crippen molar-refractivity contribution in [3.63, 3.8) is 0 Å². The SMILES string of the molecule is NC[CH-]S(=O)(=O)O.NC[CH-]S(=O)(=O)O.[Zn+2]. The van der Waals surface area contributed by atoms with E-state index in [1.165, 1.54) is 0 Å². The van der Waals surface area contributed by atoms with Gasteiger partial charge in [-0.05, 0) is 0 Å². The summed E-state index contributed by atoms with van der Waals surface area (Å²) < 4.78 is 54.3. The van der Waals surface area contributed by atoms with Gasteiger partial charge in [0.05, 0.1) is 0 Å². The van der Waals surface area contributed by atoms with Crippen LogP contribution in [0.2, 0.25) is 0 Å². The maximum Gasteiger partial charge on any atom is 2.00 e. The number of rotatable bonds is 4. The second-order valence-electron chi connectivity index (χ2n) is 1.83. The van der Waals surface area contributed by atoms with E-state index in [2.05, 4.69) is 0 Å². The van der Waals surface area contributed by atoms with Gasteiger partial charge >= 0.3 is 19.5 Å². The van der Waals surface area contributed by atoms with E-state index >= 15 is 0 Å². The summed E-state index contributed by atoms with van der Waals surface area (Å²) in [6, 6.07) is 0. The van der Waals surface area contributed by atoms with Crippen LogP contribution >= 0.6 is 0 Å². The first kappa shape index (κ1) is 20.7. The molecule has 0 aliphatic carbocycles. The zero-order chi connectivity index (χ0) is 11.8. The summed E-state index contributed by atoms with van der Waals surface area (Å²) in [6.07, 6.45) is 0. The summed E-state index contributed by atoms with van der Waals surface area (Å²) in [7, 11) is -7.85. The quantitative estimate of drug-likeness (QED) is 0.263. The predicted molar refractivity (Wildman–Crippen MR) is 49.8 cm³/mol. The predicted octanol–water partition coefficient (Wildman–Crippen LogP) is -2.01. The van der Waals surface area contributed by atoms with Gasteiger partial charge in [-0.2, -0.15) is 11.5 Å². The molecule has 15 heavy (non-hydrogen) atoms. The zero-order valence-corrected chi connectivity index (χ0v) is 12.4. The molecule has 0 bridgehead atoms. The van der Waals surface area contributed by atoms with Crippen molar-refractivity contribution in [3.8, 4) is 0 Å². The van der Waals surface area contributed by atoms with Gasteiger partial charge in [0.15, 0.2) is 0 Å². The summed E-state index contributed by atoms with van der Waals surface area (Å²) >= 11 is 0. The molecule has 0 aliphatic heterocycles. The fourth-order valence-electron chi connectivity index (χ4n) is 0.243. The third-order valence-electron chi connectivity index (χ3n) is 0.614. The average Bonchev–Trinajstić information content (AvgIpc) is 1.81. The van der Waals surface area contributed by atoms with E-state index < -0.39 is 20.2 Å². The topological polar surface area (TPSA) is 161 Å². The Morgan fingerprint density at radius 2 is 1.07 bits per heavy atom. The molecule has 0 rings (SSSR count). The van der Waals surface area contributed by atoms with E-state index in [4.69, 9.17) is 20.6 Å². The van der Waals surface area contributed by atoms with Crippen LogP contribution in [-0.4, -0.2) is 39.0 Å². The Balaban J connectivity index is -0.000000180. The van der Waals surface area contributed by atoms with Gasteiger partial charge in [-0.25, -0.2) is 16.8 Å². The summed E-state index contributed by atoms with van der Waals surface area (Å²) in [6.45, 7) is -0.308. The summed E-state index contributed by atoms with van der Waals surface area (Å²) in [5.74, 6) is 1.24. The molecule has 0 radical (unpaired) electrons. The molecule has 0 aromatic carbocycles. The van der Waals surface area contributed by atoms with Crippen molar-refractivity contribution in [1.82, 2.24) is 0 Å². The molecule has 0 fully saturated rings. The van der Waals surface area contributed by atoms with Crippen LogP contribution in [0.15, 0.2) is 0 Å². The van der Waals surface area contributed by atoms with Gasteiger partial charge in [-0.15, -0.1) is 13.1 Å². The maximum absolute atomic E-state index is 9.65. The number of hydrogen-bond donors (Lipinski definition) is 4. The third-order valence-corrected chi connectivity index (χ3v) is 1.84. The van der Waals surface area contributed by atoms with Crippen molar-refractivity contribution < 1.29 is 45.4 Å². The van der Waals surface area contributed by atoms with Crippen LogP contribution in [0, 0.1) is 11.5 Å². The van der Waals surface area contributed by atoms with E-state index in [0.717, 1.165) is 0 Å². The number of hydrogen-bond acceptors (Lipinski definition) is 6. The molecule has 0 heterocycles. The molecule has 0 atom stereocenters. The Kier molecular flexibility index (Phi) is 13.2. The van der Waals surface area contributed by atoms with Crippen LogP contribution in [0.3, 0.4) is 0 Å². The van der Waals surface area contributed by atoms with Gasteiger partial charge in [0.25, 0.3) is 0 Å². The molecule has 6 N–H and O–H groups in total. The van der Waals surface area contributed by atoms with Crippen LogP contribution in [0.1, 0.15) is 0 Å². The van der Waals surface area contributed by atoms with E-state index in [9.17, 15) is 16.8 Å². The van der Waals surface area contributed by atoms with Gasteiger partial charge < -0.3 is 20.6 Å². The van der Waals surface area contributed by atoms with E-state index in [-0.39, 0.29) is 32.6 Å². The monoisotopic (exact) mass is 312 g/mol. The normalized spacial score (nSPS) is 10.9. The second-order valence-corrected chi connectivity index (χ2v) is 4.56. The van der Waals surface area contributed by atoms with Gasteiger partial charge in [0, 0.05) is 0 Å². The fraction of sp³-hybridized carbons (Fsp3) is 0.500. The van der Waals surface area contributed by atoms with Crippen molar-refractivity contribution in [2.75, 3.05) is 13.1 Å². The van der Waals surface area contributed by atoms with Crippen molar-refractivity contribution in [1.29, 1.82) is 0 Å². The molecule has 0 aromatic rings. The van der Waals surface area contributed by atoms with Crippen LogP contribution < -0.4 is 11.5 Å². The molecule has 0 saturated carbocycles. The minimum absolute atomic E-state index is 0. The first-order valence-corrected chi connectivity index (χ1v) is 6.14. The minimum atomic E-state index is -3.92. The summed E-state index contributed by atoms with van der Waals surface area (Å²) in [5, 5.41) is 0. The molecular formula is C4H12N2O6S2Zn.